The summed E-state index contributed by atoms with van der Waals surface area (Å²) in [4.78, 5) is 41.9. The lowest BCUT2D eigenvalue weighted by molar-refractivity contribution is -0.190. The van der Waals surface area contributed by atoms with Crippen molar-refractivity contribution >= 4 is 23.3 Å². The first-order chi connectivity index (χ1) is 11.5. The van der Waals surface area contributed by atoms with Crippen LogP contribution in [-0.2, 0) is 24.0 Å². The molecule has 24 heavy (non-hydrogen) atoms. The summed E-state index contributed by atoms with van der Waals surface area (Å²) in [6.45, 7) is 3.72. The first kappa shape index (κ1) is 16.6. The quantitative estimate of drug-likeness (QED) is 0.822. The van der Waals surface area contributed by atoms with Crippen LogP contribution in [0.1, 0.15) is 31.9 Å². The van der Waals surface area contributed by atoms with E-state index in [1.54, 1.807) is 12.0 Å². The monoisotopic (exact) mass is 332 g/mol. The number of ketones is 1. The number of amides is 1. The summed E-state index contributed by atoms with van der Waals surface area (Å²) in [6.07, 6.45) is -0.724. The molecule has 0 aromatic heterocycles. The third-order valence-corrected chi connectivity index (χ3v) is 4.27. The highest BCUT2D eigenvalue weighted by Gasteiger charge is 2.54. The first-order valence-corrected chi connectivity index (χ1v) is 8.02. The van der Waals surface area contributed by atoms with Crippen LogP contribution in [0.4, 0.5) is 5.69 Å². The molecule has 0 radical (unpaired) electrons. The van der Waals surface area contributed by atoms with Gasteiger partial charge in [-0.05, 0) is 25.5 Å². The van der Waals surface area contributed by atoms with Crippen LogP contribution in [0.2, 0.25) is 0 Å². The second-order valence-corrected chi connectivity index (χ2v) is 5.92. The van der Waals surface area contributed by atoms with Gasteiger partial charge in [0.05, 0.1) is 18.6 Å². The maximum atomic E-state index is 12.5. The van der Waals surface area contributed by atoms with Crippen LogP contribution < -0.4 is 5.32 Å². The number of hydrogen-bond acceptors (Lipinski definition) is 6. The number of para-hydroxylation sites is 1. The minimum atomic E-state index is -1.00. The fourth-order valence-corrected chi connectivity index (χ4v) is 3.21. The van der Waals surface area contributed by atoms with Gasteiger partial charge in [-0.2, -0.15) is 5.06 Å². The number of ether oxygens (including phenoxy) is 1. The van der Waals surface area contributed by atoms with Crippen molar-refractivity contribution in [1.29, 1.82) is 0 Å². The van der Waals surface area contributed by atoms with Gasteiger partial charge in [-0.15, -0.1) is 0 Å². The highest BCUT2D eigenvalue weighted by molar-refractivity contribution is 6.00. The Morgan fingerprint density at radius 2 is 2.08 bits per heavy atom. The fraction of sp³-hybridized carbons (Fsp3) is 0.471. The van der Waals surface area contributed by atoms with Gasteiger partial charge in [0.2, 0.25) is 5.91 Å². The van der Waals surface area contributed by atoms with Crippen LogP contribution in [0.15, 0.2) is 24.3 Å². The zero-order valence-corrected chi connectivity index (χ0v) is 13.7. The lowest BCUT2D eigenvalue weighted by Crippen LogP contribution is -2.41. The Morgan fingerprint density at radius 1 is 1.33 bits per heavy atom. The van der Waals surface area contributed by atoms with Crippen molar-refractivity contribution in [3.63, 3.8) is 0 Å². The van der Waals surface area contributed by atoms with Crippen LogP contribution in [0.5, 0.6) is 0 Å². The van der Waals surface area contributed by atoms with E-state index in [1.807, 2.05) is 24.3 Å². The third kappa shape index (κ3) is 2.92. The SMILES string of the molecule is CCOC(=O)[C@@H]1ON(CCC(C)=O)[C@H]2c3ccccc3NC(=O)[C@@H]12. The topological polar surface area (TPSA) is 84.9 Å². The predicted molar refractivity (Wildman–Crippen MR) is 84.8 cm³/mol. The molecule has 0 bridgehead atoms. The molecule has 1 amide bonds. The Labute approximate surface area is 139 Å². The Hall–Kier alpha value is -2.25. The van der Waals surface area contributed by atoms with Gasteiger partial charge in [-0.3, -0.25) is 14.4 Å². The molecule has 1 N–H and O–H groups in total. The normalized spacial score (nSPS) is 25.6. The van der Waals surface area contributed by atoms with Gasteiger partial charge >= 0.3 is 5.97 Å². The summed E-state index contributed by atoms with van der Waals surface area (Å²) in [7, 11) is 0. The van der Waals surface area contributed by atoms with Gasteiger partial charge in [0.1, 0.15) is 5.78 Å². The van der Waals surface area contributed by atoms with Crippen molar-refractivity contribution in [2.45, 2.75) is 32.4 Å². The zero-order chi connectivity index (χ0) is 17.3. The molecule has 7 heteroatoms. The third-order valence-electron chi connectivity index (χ3n) is 4.27. The Bertz CT molecular complexity index is 675. The standard InChI is InChI=1S/C17H20N2O5/c1-3-23-17(22)15-13-14(19(24-15)9-8-10(2)20)11-6-4-5-7-12(11)18-16(13)21/h4-7,13-15H,3,8-9H2,1-2H3,(H,18,21)/t13-,14+,15-/m1/s1. The Morgan fingerprint density at radius 3 is 2.79 bits per heavy atom. The van der Waals surface area contributed by atoms with Gasteiger partial charge in [0, 0.05) is 18.7 Å². The summed E-state index contributed by atoms with van der Waals surface area (Å²) in [5.74, 6) is -1.52. The van der Waals surface area contributed by atoms with Crippen LogP contribution in [0.3, 0.4) is 0 Å². The Balaban J connectivity index is 1.96. The molecule has 1 aromatic rings. The number of anilines is 1. The summed E-state index contributed by atoms with van der Waals surface area (Å²) in [6, 6.07) is 6.99. The lowest BCUT2D eigenvalue weighted by Gasteiger charge is -2.31. The van der Waals surface area contributed by atoms with Crippen molar-refractivity contribution in [3.8, 4) is 0 Å². The number of nitrogens with zero attached hydrogens (tertiary/aromatic N) is 1. The molecule has 2 aliphatic heterocycles. The zero-order valence-electron chi connectivity index (χ0n) is 13.7. The van der Waals surface area contributed by atoms with Crippen molar-refractivity contribution in [2.24, 2.45) is 5.92 Å². The van der Waals surface area contributed by atoms with Crippen LogP contribution in [-0.4, -0.2) is 42.0 Å². The molecule has 1 saturated heterocycles. The molecule has 2 aliphatic rings. The molecular weight excluding hydrogens is 312 g/mol. The molecule has 1 aromatic carbocycles. The minimum Gasteiger partial charge on any atom is -0.464 e. The van der Waals surface area contributed by atoms with Crippen LogP contribution in [0, 0.1) is 5.92 Å². The van der Waals surface area contributed by atoms with Gasteiger partial charge in [0.15, 0.2) is 6.10 Å². The first-order valence-electron chi connectivity index (χ1n) is 8.02. The maximum absolute atomic E-state index is 12.5. The molecule has 0 saturated carbocycles. The number of esters is 1. The van der Waals surface area contributed by atoms with E-state index in [1.165, 1.54) is 6.92 Å². The van der Waals surface area contributed by atoms with Gasteiger partial charge in [-0.25, -0.2) is 4.79 Å². The second kappa shape index (κ2) is 6.70. The van der Waals surface area contributed by atoms with Gasteiger partial charge < -0.3 is 10.1 Å². The fourth-order valence-electron chi connectivity index (χ4n) is 3.21. The summed E-state index contributed by atoms with van der Waals surface area (Å²) < 4.78 is 5.05. The number of Topliss-reactive ketones (excluding diaryl/α,β-unsaturated/α-hetero) is 1. The van der Waals surface area contributed by atoms with E-state index in [9.17, 15) is 14.4 Å². The average molecular weight is 332 g/mol. The number of benzene rings is 1. The molecule has 0 spiro atoms. The molecule has 0 unspecified atom stereocenters. The van der Waals surface area contributed by atoms with Crippen molar-refractivity contribution in [1.82, 2.24) is 5.06 Å². The molecule has 128 valence electrons. The van der Waals surface area contributed by atoms with Crippen LogP contribution in [0.25, 0.3) is 0 Å². The lowest BCUT2D eigenvalue weighted by atomic mass is 9.84. The number of fused-ring (bicyclic) bond motifs is 3. The molecule has 7 nitrogen and oxygen atoms in total. The highest BCUT2D eigenvalue weighted by atomic mass is 16.7. The van der Waals surface area contributed by atoms with Gasteiger partial charge in [0.25, 0.3) is 0 Å². The van der Waals surface area contributed by atoms with E-state index in [4.69, 9.17) is 9.57 Å². The predicted octanol–water partition coefficient (Wildman–Crippen LogP) is 1.45. The smallest absolute Gasteiger partial charge is 0.338 e. The molecule has 0 aliphatic carbocycles. The number of carbonyl (C=O) groups is 3. The number of hydrogen-bond donors (Lipinski definition) is 1. The van der Waals surface area contributed by atoms with Gasteiger partial charge in [-0.1, -0.05) is 18.2 Å². The highest BCUT2D eigenvalue weighted by Crippen LogP contribution is 2.45. The largest absolute Gasteiger partial charge is 0.464 e. The summed E-state index contributed by atoms with van der Waals surface area (Å²) in [5.41, 5.74) is 1.57. The number of carbonyl (C=O) groups excluding carboxylic acids is 3. The molecule has 3 rings (SSSR count). The number of nitrogens with one attached hydrogen (secondary N) is 1. The van der Waals surface area contributed by atoms with E-state index in [-0.39, 0.29) is 24.7 Å². The summed E-state index contributed by atoms with van der Waals surface area (Å²) >= 11 is 0. The molecule has 3 atom stereocenters. The Kier molecular flexibility index (Phi) is 4.64. The minimum absolute atomic E-state index is 0.0169. The molecule has 2 heterocycles. The number of hydroxylamine groups is 2. The van der Waals surface area contributed by atoms with E-state index >= 15 is 0 Å². The van der Waals surface area contributed by atoms with E-state index in [0.717, 1.165) is 5.56 Å². The van der Waals surface area contributed by atoms with Crippen LogP contribution >= 0.6 is 0 Å². The van der Waals surface area contributed by atoms with Crippen molar-refractivity contribution in [3.05, 3.63) is 29.8 Å². The molecule has 1 fully saturated rings. The second-order valence-electron chi connectivity index (χ2n) is 5.92. The maximum Gasteiger partial charge on any atom is 0.338 e. The van der Waals surface area contributed by atoms with E-state index < -0.39 is 24.0 Å². The summed E-state index contributed by atoms with van der Waals surface area (Å²) in [5, 5.41) is 4.40. The van der Waals surface area contributed by atoms with Crippen molar-refractivity contribution in [2.75, 3.05) is 18.5 Å². The number of rotatable bonds is 5. The molecular formula is C17H20N2O5. The van der Waals surface area contributed by atoms with Crippen molar-refractivity contribution < 1.29 is 24.0 Å². The average Bonchev–Trinajstić information content (AvgIpc) is 2.94. The van der Waals surface area contributed by atoms with E-state index in [2.05, 4.69) is 5.32 Å². The van der Waals surface area contributed by atoms with E-state index in [0.29, 0.717) is 12.2 Å².